The minimum absolute atomic E-state index is 0.174. The van der Waals surface area contributed by atoms with Crippen LogP contribution in [0.25, 0.3) is 0 Å². The summed E-state index contributed by atoms with van der Waals surface area (Å²) in [5, 5.41) is 8.11. The van der Waals surface area contributed by atoms with Crippen molar-refractivity contribution in [3.63, 3.8) is 0 Å². The number of likely N-dealkylation sites (tertiary alicyclic amines) is 1. The smallest absolute Gasteiger partial charge is 0.450 e. The second-order valence-electron chi connectivity index (χ2n) is 2.62. The summed E-state index contributed by atoms with van der Waals surface area (Å²) in [5.74, 6) is -0.553. The van der Waals surface area contributed by atoms with Gasteiger partial charge in [-0.3, -0.25) is 14.5 Å². The van der Waals surface area contributed by atoms with Gasteiger partial charge in [0.05, 0.1) is 0 Å². The summed E-state index contributed by atoms with van der Waals surface area (Å²) in [5.41, 5.74) is 0. The minimum Gasteiger partial charge on any atom is -0.450 e. The third kappa shape index (κ3) is 2.58. The maximum Gasteiger partial charge on any atom is 0.506 e. The summed E-state index contributed by atoms with van der Waals surface area (Å²) in [6, 6.07) is 0. The van der Waals surface area contributed by atoms with Crippen LogP contribution in [-0.4, -0.2) is 34.6 Å². The molecule has 1 rings (SSSR count). The van der Waals surface area contributed by atoms with Crippen molar-refractivity contribution in [1.82, 2.24) is 4.90 Å². The zero-order chi connectivity index (χ0) is 10.6. The number of carbonyl (C=O) groups excluding carboxylic acids is 2. The lowest BCUT2D eigenvalue weighted by atomic mass is 10.4. The van der Waals surface area contributed by atoms with Crippen LogP contribution < -0.4 is 0 Å². The van der Waals surface area contributed by atoms with Crippen LogP contribution in [0.4, 0.5) is 4.79 Å². The van der Waals surface area contributed by atoms with E-state index < -0.39 is 6.16 Å². The van der Waals surface area contributed by atoms with Crippen molar-refractivity contribution in [2.24, 2.45) is 0 Å². The molecule has 0 atom stereocenters. The van der Waals surface area contributed by atoms with Crippen molar-refractivity contribution in [3.8, 4) is 0 Å². The Morgan fingerprint density at radius 3 is 2.50 bits per heavy atom. The molecule has 0 aromatic heterocycles. The van der Waals surface area contributed by atoms with E-state index in [1.807, 2.05) is 0 Å². The Morgan fingerprint density at radius 2 is 2.00 bits per heavy atom. The first-order valence-electron chi connectivity index (χ1n) is 3.98. The molecule has 1 heterocycles. The van der Waals surface area contributed by atoms with Gasteiger partial charge in [0, 0.05) is 19.0 Å². The summed E-state index contributed by atoms with van der Waals surface area (Å²) < 4.78 is 4.15. The predicted molar refractivity (Wildman–Crippen MR) is 44.2 cm³/mol. The second-order valence-corrected chi connectivity index (χ2v) is 2.62. The Morgan fingerprint density at radius 1 is 1.43 bits per heavy atom. The van der Waals surface area contributed by atoms with Crippen molar-refractivity contribution in [2.45, 2.75) is 12.8 Å². The largest absolute Gasteiger partial charge is 0.506 e. The number of carbonyl (C=O) groups is 3. The van der Waals surface area contributed by atoms with Gasteiger partial charge in [-0.2, -0.15) is 0 Å². The molecule has 76 valence electrons. The third-order valence-electron chi connectivity index (χ3n) is 1.65. The molecular weight excluding hydrogens is 190 g/mol. The van der Waals surface area contributed by atoms with Crippen molar-refractivity contribution in [2.75, 3.05) is 6.61 Å². The number of nitrogens with zero attached hydrogens (tertiary/aromatic N) is 1. The number of rotatable bonds is 3. The average Bonchev–Trinajstić information content (AvgIpc) is 2.42. The standard InChI is InChI=1S/C8H9NO5/c10-6-2-3-7(11)9(6)4-1-5-14-8(12)13/h1,4H,2-3,5H2,(H,12,13). The highest BCUT2D eigenvalue weighted by Crippen LogP contribution is 2.11. The first-order chi connectivity index (χ1) is 6.61. The molecule has 0 radical (unpaired) electrons. The van der Waals surface area contributed by atoms with E-state index in [4.69, 9.17) is 5.11 Å². The van der Waals surface area contributed by atoms with Gasteiger partial charge in [-0.05, 0) is 6.08 Å². The molecule has 1 fully saturated rings. The Hall–Kier alpha value is -1.85. The van der Waals surface area contributed by atoms with Gasteiger partial charge in [-0.25, -0.2) is 4.79 Å². The molecule has 0 aliphatic carbocycles. The van der Waals surface area contributed by atoms with Crippen molar-refractivity contribution in [1.29, 1.82) is 0 Å². The van der Waals surface area contributed by atoms with Gasteiger partial charge in [-0.1, -0.05) is 0 Å². The van der Waals surface area contributed by atoms with E-state index in [0.717, 1.165) is 4.90 Å². The number of imide groups is 1. The van der Waals surface area contributed by atoms with Gasteiger partial charge in [0.1, 0.15) is 6.61 Å². The van der Waals surface area contributed by atoms with Gasteiger partial charge in [0.15, 0.2) is 0 Å². The molecule has 0 aromatic carbocycles. The highest BCUT2D eigenvalue weighted by Gasteiger charge is 2.26. The molecule has 1 saturated heterocycles. The van der Waals surface area contributed by atoms with Crippen molar-refractivity contribution in [3.05, 3.63) is 12.3 Å². The molecule has 0 saturated carbocycles. The topological polar surface area (TPSA) is 83.9 Å². The molecular formula is C8H9NO5. The van der Waals surface area contributed by atoms with Crippen LogP contribution in [0, 0.1) is 0 Å². The number of ether oxygens (including phenoxy) is 1. The maximum atomic E-state index is 11.0. The van der Waals surface area contributed by atoms with E-state index in [1.165, 1.54) is 12.3 Å². The molecule has 14 heavy (non-hydrogen) atoms. The van der Waals surface area contributed by atoms with Gasteiger partial charge < -0.3 is 9.84 Å². The molecule has 6 nitrogen and oxygen atoms in total. The van der Waals surface area contributed by atoms with Gasteiger partial charge >= 0.3 is 6.16 Å². The number of hydrogen-bond donors (Lipinski definition) is 1. The fourth-order valence-electron chi connectivity index (χ4n) is 1.03. The number of hydrogen-bond acceptors (Lipinski definition) is 4. The SMILES string of the molecule is O=C(O)OCC=CN1C(=O)CCC1=O. The quantitative estimate of drug-likeness (QED) is 0.523. The van der Waals surface area contributed by atoms with Crippen LogP contribution in [-0.2, 0) is 14.3 Å². The average molecular weight is 199 g/mol. The number of carboxylic acid groups (broad SMARTS) is 1. The highest BCUT2D eigenvalue weighted by molar-refractivity contribution is 6.02. The van der Waals surface area contributed by atoms with Crippen molar-refractivity contribution >= 4 is 18.0 Å². The molecule has 2 amide bonds. The lowest BCUT2D eigenvalue weighted by Crippen LogP contribution is -2.22. The van der Waals surface area contributed by atoms with Crippen LogP contribution in [0.3, 0.4) is 0 Å². The lowest BCUT2D eigenvalue weighted by molar-refractivity contribution is -0.135. The van der Waals surface area contributed by atoms with E-state index >= 15 is 0 Å². The second kappa shape index (κ2) is 4.40. The highest BCUT2D eigenvalue weighted by atomic mass is 16.7. The van der Waals surface area contributed by atoms with E-state index in [2.05, 4.69) is 4.74 Å². The van der Waals surface area contributed by atoms with Gasteiger partial charge in [0.2, 0.25) is 11.8 Å². The van der Waals surface area contributed by atoms with Crippen LogP contribution in [0.5, 0.6) is 0 Å². The van der Waals surface area contributed by atoms with Crippen LogP contribution in [0.2, 0.25) is 0 Å². The zero-order valence-electron chi connectivity index (χ0n) is 7.30. The number of amides is 2. The summed E-state index contributed by atoms with van der Waals surface area (Å²) in [4.78, 5) is 32.9. The molecule has 1 aliphatic heterocycles. The Kier molecular flexibility index (Phi) is 3.22. The zero-order valence-corrected chi connectivity index (χ0v) is 7.30. The summed E-state index contributed by atoms with van der Waals surface area (Å²) >= 11 is 0. The van der Waals surface area contributed by atoms with Crippen molar-refractivity contribution < 1.29 is 24.2 Å². The molecule has 1 aliphatic rings. The van der Waals surface area contributed by atoms with E-state index in [9.17, 15) is 14.4 Å². The first kappa shape index (κ1) is 10.2. The fraction of sp³-hybridized carbons (Fsp3) is 0.375. The Bertz CT molecular complexity index is 280. The molecule has 0 unspecified atom stereocenters. The molecule has 0 aromatic rings. The fourth-order valence-corrected chi connectivity index (χ4v) is 1.03. The predicted octanol–water partition coefficient (Wildman–Crippen LogP) is 0.344. The van der Waals surface area contributed by atoms with Gasteiger partial charge in [-0.15, -0.1) is 0 Å². The van der Waals surface area contributed by atoms with E-state index in [-0.39, 0.29) is 31.3 Å². The van der Waals surface area contributed by atoms with Crippen LogP contribution in [0.15, 0.2) is 12.3 Å². The van der Waals surface area contributed by atoms with Crippen LogP contribution in [0.1, 0.15) is 12.8 Å². The summed E-state index contributed by atoms with van der Waals surface area (Å²) in [7, 11) is 0. The Labute approximate surface area is 79.8 Å². The summed E-state index contributed by atoms with van der Waals surface area (Å²) in [6.45, 7) is -0.174. The van der Waals surface area contributed by atoms with E-state index in [1.54, 1.807) is 0 Å². The summed E-state index contributed by atoms with van der Waals surface area (Å²) in [6.07, 6.45) is 1.57. The minimum atomic E-state index is -1.39. The monoisotopic (exact) mass is 199 g/mol. The molecule has 0 spiro atoms. The molecule has 0 bridgehead atoms. The molecule has 1 N–H and O–H groups in total. The van der Waals surface area contributed by atoms with E-state index in [0.29, 0.717) is 0 Å². The first-order valence-corrected chi connectivity index (χ1v) is 3.98. The Balaban J connectivity index is 2.39. The normalized spacial score (nSPS) is 16.7. The third-order valence-corrected chi connectivity index (χ3v) is 1.65. The van der Waals surface area contributed by atoms with Crippen LogP contribution >= 0.6 is 0 Å². The van der Waals surface area contributed by atoms with Gasteiger partial charge in [0.25, 0.3) is 0 Å². The molecule has 6 heteroatoms. The lowest BCUT2D eigenvalue weighted by Gasteiger charge is -2.05. The maximum absolute atomic E-state index is 11.0.